The molecule has 0 heterocycles. The highest BCUT2D eigenvalue weighted by atomic mass is 16.3. The van der Waals surface area contributed by atoms with E-state index in [2.05, 4.69) is 12.3 Å². The summed E-state index contributed by atoms with van der Waals surface area (Å²) in [6.45, 7) is 4.17. The summed E-state index contributed by atoms with van der Waals surface area (Å²) in [6, 6.07) is 0. The minimum Gasteiger partial charge on any atom is -0.876 e. The molecule has 0 aliphatic carbocycles. The minimum atomic E-state index is 0.0402. The van der Waals surface area contributed by atoms with Crippen molar-refractivity contribution in [2.45, 2.75) is 19.3 Å². The summed E-state index contributed by atoms with van der Waals surface area (Å²) in [6.07, 6.45) is 2.61. The Morgan fingerprint density at radius 1 is 1.50 bits per heavy atom. The number of hydrogen-bond donors (Lipinski definition) is 1. The number of allylic oxidation sites excluding steroid dienone is 1. The molecule has 0 unspecified atom stereocenters. The van der Waals surface area contributed by atoms with E-state index in [1.165, 1.54) is 0 Å². The topological polar surface area (TPSA) is 50.7 Å². The van der Waals surface area contributed by atoms with Gasteiger partial charge in [0.25, 0.3) is 0 Å². The van der Waals surface area contributed by atoms with Crippen LogP contribution in [0.5, 0.6) is 0 Å². The van der Waals surface area contributed by atoms with E-state index in [0.29, 0.717) is 6.42 Å². The molecular weight excluding hydrogens is 102 g/mol. The third kappa shape index (κ3) is 5.50. The average Bonchev–Trinajstić information content (AvgIpc) is 1.66. The fraction of sp³-hybridized carbons (Fsp3) is 0.667. The lowest BCUT2D eigenvalue weighted by Gasteiger charge is -2.05. The van der Waals surface area contributed by atoms with Gasteiger partial charge in [0.1, 0.15) is 0 Å². The van der Waals surface area contributed by atoms with Crippen LogP contribution in [0.1, 0.15) is 19.3 Å². The van der Waals surface area contributed by atoms with Crippen LogP contribution in [0.3, 0.4) is 0 Å². The van der Waals surface area contributed by atoms with E-state index in [1.54, 1.807) is 0 Å². The van der Waals surface area contributed by atoms with Gasteiger partial charge in [-0.05, 0) is 19.3 Å². The number of hydrogen-bond acceptors (Lipinski definition) is 1. The Morgan fingerprint density at radius 2 is 2.12 bits per heavy atom. The molecule has 0 radical (unpaired) electrons. The Kier molecular flexibility index (Phi) is 4.36. The molecule has 0 aromatic rings. The van der Waals surface area contributed by atoms with Crippen molar-refractivity contribution in [1.82, 2.24) is 0 Å². The molecule has 2 nitrogen and oxygen atoms in total. The van der Waals surface area contributed by atoms with E-state index >= 15 is 0 Å². The highest BCUT2D eigenvalue weighted by Gasteiger charge is 1.82. The van der Waals surface area contributed by atoms with Gasteiger partial charge in [0.2, 0.25) is 0 Å². The van der Waals surface area contributed by atoms with Crippen molar-refractivity contribution in [2.75, 3.05) is 6.54 Å². The van der Waals surface area contributed by atoms with Crippen LogP contribution in [0.15, 0.2) is 12.3 Å². The van der Waals surface area contributed by atoms with Crippen molar-refractivity contribution in [3.63, 3.8) is 0 Å². The van der Waals surface area contributed by atoms with Gasteiger partial charge in [-0.1, -0.05) is 0 Å². The first-order valence-corrected chi connectivity index (χ1v) is 2.91. The molecule has 0 aliphatic rings. The standard InChI is InChI=1S/C6H13NO/c1-6(8)4-2-3-5-7/h8H,1-5,7H2. The van der Waals surface area contributed by atoms with Crippen molar-refractivity contribution in [3.8, 4) is 0 Å². The summed E-state index contributed by atoms with van der Waals surface area (Å²) in [5.41, 5.74) is 3.65. The van der Waals surface area contributed by atoms with Crippen LogP contribution in [0.25, 0.3) is 0 Å². The number of unbranched alkanes of at least 4 members (excludes halogenated alkanes) is 1. The van der Waals surface area contributed by atoms with Crippen molar-refractivity contribution in [1.29, 1.82) is 0 Å². The van der Waals surface area contributed by atoms with Crippen LogP contribution in [-0.4, -0.2) is 6.54 Å². The Bertz CT molecular complexity index is 70.9. The molecule has 3 N–H and O–H groups in total. The lowest BCUT2D eigenvalue weighted by molar-refractivity contribution is -0.368. The van der Waals surface area contributed by atoms with E-state index in [4.69, 9.17) is 0 Å². The number of rotatable bonds is 4. The van der Waals surface area contributed by atoms with Gasteiger partial charge in [0.15, 0.2) is 0 Å². The van der Waals surface area contributed by atoms with Crippen LogP contribution in [0, 0.1) is 0 Å². The van der Waals surface area contributed by atoms with Crippen LogP contribution >= 0.6 is 0 Å². The summed E-state index contributed by atoms with van der Waals surface area (Å²) in [7, 11) is 0. The van der Waals surface area contributed by atoms with Gasteiger partial charge in [0, 0.05) is 0 Å². The van der Waals surface area contributed by atoms with Crippen molar-refractivity contribution >= 4 is 0 Å². The Hall–Kier alpha value is -0.500. The second kappa shape index (κ2) is 4.65. The van der Waals surface area contributed by atoms with E-state index in [9.17, 15) is 5.11 Å². The molecule has 0 bridgehead atoms. The summed E-state index contributed by atoms with van der Waals surface area (Å²) in [4.78, 5) is 0. The molecule has 0 fully saturated rings. The highest BCUT2D eigenvalue weighted by Crippen LogP contribution is 1.95. The molecule has 0 spiro atoms. The molecule has 0 aliphatic heterocycles. The van der Waals surface area contributed by atoms with Gasteiger partial charge in [-0.25, -0.2) is 0 Å². The molecule has 2 heteroatoms. The number of quaternary nitrogens is 1. The zero-order valence-electron chi connectivity index (χ0n) is 5.15. The highest BCUT2D eigenvalue weighted by molar-refractivity contribution is 4.75. The van der Waals surface area contributed by atoms with Gasteiger partial charge in [-0.3, -0.25) is 0 Å². The van der Waals surface area contributed by atoms with Gasteiger partial charge in [0.05, 0.1) is 6.54 Å². The van der Waals surface area contributed by atoms with Crippen molar-refractivity contribution in [2.24, 2.45) is 0 Å². The maximum absolute atomic E-state index is 10.2. The molecule has 48 valence electrons. The quantitative estimate of drug-likeness (QED) is 0.381. The Balaban J connectivity index is 2.82. The van der Waals surface area contributed by atoms with Crippen molar-refractivity contribution in [3.05, 3.63) is 12.3 Å². The summed E-state index contributed by atoms with van der Waals surface area (Å²) < 4.78 is 0. The largest absolute Gasteiger partial charge is 0.876 e. The lowest BCUT2D eigenvalue weighted by Crippen LogP contribution is -2.50. The van der Waals surface area contributed by atoms with Gasteiger partial charge < -0.3 is 10.8 Å². The summed E-state index contributed by atoms with van der Waals surface area (Å²) >= 11 is 0. The first-order valence-electron chi connectivity index (χ1n) is 2.91. The zero-order valence-corrected chi connectivity index (χ0v) is 5.15. The SMILES string of the molecule is C=C([O-])CCCC[NH3+]. The molecule has 0 saturated heterocycles. The lowest BCUT2D eigenvalue weighted by atomic mass is 10.2. The summed E-state index contributed by atoms with van der Waals surface area (Å²) in [5.74, 6) is 0.0402. The van der Waals surface area contributed by atoms with Crippen LogP contribution in [0.4, 0.5) is 0 Å². The molecule has 0 aromatic heterocycles. The molecule has 0 aromatic carbocycles. The van der Waals surface area contributed by atoms with Crippen LogP contribution < -0.4 is 10.8 Å². The molecule has 0 saturated carbocycles. The van der Waals surface area contributed by atoms with Crippen LogP contribution in [-0.2, 0) is 0 Å². The summed E-state index contributed by atoms with van der Waals surface area (Å²) in [5, 5.41) is 10.2. The molecule has 0 amide bonds. The zero-order chi connectivity index (χ0) is 6.41. The van der Waals surface area contributed by atoms with E-state index in [-0.39, 0.29) is 5.76 Å². The fourth-order valence-electron chi connectivity index (χ4n) is 0.499. The second-order valence-electron chi connectivity index (χ2n) is 1.85. The Labute approximate surface area is 50.0 Å². The molecule has 8 heavy (non-hydrogen) atoms. The maximum atomic E-state index is 10.2. The second-order valence-corrected chi connectivity index (χ2v) is 1.85. The van der Waals surface area contributed by atoms with Crippen LogP contribution in [0.2, 0.25) is 0 Å². The van der Waals surface area contributed by atoms with E-state index in [1.807, 2.05) is 0 Å². The molecule has 0 atom stereocenters. The van der Waals surface area contributed by atoms with Gasteiger partial charge in [-0.15, -0.1) is 12.3 Å². The van der Waals surface area contributed by atoms with E-state index < -0.39 is 0 Å². The predicted molar refractivity (Wildman–Crippen MR) is 30.7 cm³/mol. The first-order chi connectivity index (χ1) is 3.77. The fourth-order valence-corrected chi connectivity index (χ4v) is 0.499. The maximum Gasteiger partial charge on any atom is 0.0739 e. The third-order valence-corrected chi connectivity index (χ3v) is 0.956. The van der Waals surface area contributed by atoms with E-state index in [0.717, 1.165) is 19.4 Å². The molecular formula is C6H13NO. The van der Waals surface area contributed by atoms with Gasteiger partial charge >= 0.3 is 0 Å². The minimum absolute atomic E-state index is 0.0402. The monoisotopic (exact) mass is 115 g/mol. The normalized spacial score (nSPS) is 9.12. The van der Waals surface area contributed by atoms with Crippen molar-refractivity contribution < 1.29 is 10.8 Å². The third-order valence-electron chi connectivity index (χ3n) is 0.956. The first kappa shape index (κ1) is 7.50. The average molecular weight is 115 g/mol. The Morgan fingerprint density at radius 3 is 2.50 bits per heavy atom. The van der Waals surface area contributed by atoms with Gasteiger partial charge in [-0.2, -0.15) is 0 Å². The smallest absolute Gasteiger partial charge is 0.0739 e. The molecule has 0 rings (SSSR count). The predicted octanol–water partition coefficient (Wildman–Crippen LogP) is -0.727.